The van der Waals surface area contributed by atoms with Crippen LogP contribution >= 0.6 is 35.0 Å². The van der Waals surface area contributed by atoms with E-state index in [0.29, 0.717) is 17.0 Å². The van der Waals surface area contributed by atoms with E-state index < -0.39 is 0 Å². The summed E-state index contributed by atoms with van der Waals surface area (Å²) in [5, 5.41) is 5.91. The maximum atomic E-state index is 6.14. The number of nitrogens with zero attached hydrogens (tertiary/aromatic N) is 1. The molecule has 2 nitrogen and oxygen atoms in total. The maximum Gasteiger partial charge on any atom is 0.156 e. The van der Waals surface area contributed by atoms with Crippen molar-refractivity contribution in [2.75, 3.05) is 12.3 Å². The lowest BCUT2D eigenvalue weighted by Gasteiger charge is -2.13. The zero-order chi connectivity index (χ0) is 13.8. The average molecular weight is 317 g/mol. The monoisotopic (exact) mass is 316 g/mol. The van der Waals surface area contributed by atoms with Crippen molar-refractivity contribution in [1.29, 1.82) is 0 Å². The quantitative estimate of drug-likeness (QED) is 0.897. The van der Waals surface area contributed by atoms with Gasteiger partial charge in [0.2, 0.25) is 0 Å². The van der Waals surface area contributed by atoms with Crippen LogP contribution in [0.4, 0.5) is 0 Å². The third-order valence-electron chi connectivity index (χ3n) is 3.16. The SMILES string of the molecule is CC(C)[C@H]1CSC(=NCCc2ccc(Cl)cc2Cl)N1. The molecule has 0 unspecified atom stereocenters. The van der Waals surface area contributed by atoms with Crippen LogP contribution in [0.2, 0.25) is 10.0 Å². The van der Waals surface area contributed by atoms with Gasteiger partial charge in [0.25, 0.3) is 0 Å². The van der Waals surface area contributed by atoms with E-state index in [4.69, 9.17) is 23.2 Å². The Kier molecular flexibility index (Phi) is 5.43. The van der Waals surface area contributed by atoms with Crippen LogP contribution in [-0.4, -0.2) is 23.5 Å². The van der Waals surface area contributed by atoms with Crippen LogP contribution in [0.1, 0.15) is 19.4 Å². The highest BCUT2D eigenvalue weighted by molar-refractivity contribution is 8.14. The van der Waals surface area contributed by atoms with Crippen molar-refractivity contribution in [3.05, 3.63) is 33.8 Å². The Morgan fingerprint density at radius 1 is 1.42 bits per heavy atom. The van der Waals surface area contributed by atoms with E-state index in [0.717, 1.165) is 34.5 Å². The Labute approximate surface area is 129 Å². The lowest BCUT2D eigenvalue weighted by atomic mass is 10.1. The molecule has 1 aliphatic heterocycles. The summed E-state index contributed by atoms with van der Waals surface area (Å²) in [5.74, 6) is 1.75. The predicted octanol–water partition coefficient (Wildman–Crippen LogP) is 4.25. The minimum Gasteiger partial charge on any atom is -0.361 e. The lowest BCUT2D eigenvalue weighted by Crippen LogP contribution is -2.31. The van der Waals surface area contributed by atoms with Gasteiger partial charge in [-0.15, -0.1) is 0 Å². The van der Waals surface area contributed by atoms with Crippen molar-refractivity contribution in [2.45, 2.75) is 26.3 Å². The number of nitrogens with one attached hydrogen (secondary N) is 1. The number of thioether (sulfide) groups is 1. The normalized spacial score (nSPS) is 21.1. The molecule has 0 spiro atoms. The Balaban J connectivity index is 1.86. The van der Waals surface area contributed by atoms with Gasteiger partial charge in [-0.1, -0.05) is 54.9 Å². The standard InChI is InChI=1S/C14H18Cl2N2S/c1-9(2)13-8-19-14(18-13)17-6-5-10-3-4-11(15)7-12(10)16/h3-4,7,9,13H,5-6,8H2,1-2H3,(H,17,18)/t13-/m1/s1. The van der Waals surface area contributed by atoms with E-state index in [1.54, 1.807) is 17.8 Å². The molecule has 1 saturated heterocycles. The van der Waals surface area contributed by atoms with Gasteiger partial charge in [0, 0.05) is 28.4 Å². The first kappa shape index (κ1) is 15.0. The molecule has 1 heterocycles. The number of benzene rings is 1. The summed E-state index contributed by atoms with van der Waals surface area (Å²) in [5.41, 5.74) is 1.10. The molecule has 0 amide bonds. The lowest BCUT2D eigenvalue weighted by molar-refractivity contribution is 0.503. The first-order valence-electron chi connectivity index (χ1n) is 6.44. The number of hydrogen-bond donors (Lipinski definition) is 1. The second kappa shape index (κ2) is 6.87. The molecule has 1 atom stereocenters. The van der Waals surface area contributed by atoms with Crippen LogP contribution in [-0.2, 0) is 6.42 Å². The number of hydrogen-bond acceptors (Lipinski definition) is 2. The summed E-state index contributed by atoms with van der Waals surface area (Å²) >= 11 is 13.8. The second-order valence-electron chi connectivity index (χ2n) is 4.98. The third kappa shape index (κ3) is 4.30. The summed E-state index contributed by atoms with van der Waals surface area (Å²) in [6.45, 7) is 5.21. The maximum absolute atomic E-state index is 6.14. The molecule has 1 N–H and O–H groups in total. The molecule has 0 saturated carbocycles. The molecule has 104 valence electrons. The van der Waals surface area contributed by atoms with Crippen molar-refractivity contribution < 1.29 is 0 Å². The molecule has 1 aliphatic rings. The Hall–Kier alpha value is -0.380. The van der Waals surface area contributed by atoms with Crippen molar-refractivity contribution in [1.82, 2.24) is 5.32 Å². The van der Waals surface area contributed by atoms with Gasteiger partial charge in [-0.25, -0.2) is 0 Å². The highest BCUT2D eigenvalue weighted by Crippen LogP contribution is 2.22. The summed E-state index contributed by atoms with van der Waals surface area (Å²) in [6, 6.07) is 6.16. The summed E-state index contributed by atoms with van der Waals surface area (Å²) in [7, 11) is 0. The van der Waals surface area contributed by atoms with Gasteiger partial charge in [-0.05, 0) is 30.0 Å². The zero-order valence-electron chi connectivity index (χ0n) is 11.1. The average Bonchev–Trinajstić information content (AvgIpc) is 2.81. The van der Waals surface area contributed by atoms with E-state index in [9.17, 15) is 0 Å². The highest BCUT2D eigenvalue weighted by atomic mass is 35.5. The second-order valence-corrected chi connectivity index (χ2v) is 6.83. The number of halogens is 2. The van der Waals surface area contributed by atoms with Crippen molar-refractivity contribution in [3.8, 4) is 0 Å². The molecule has 0 bridgehead atoms. The highest BCUT2D eigenvalue weighted by Gasteiger charge is 2.22. The Bertz CT molecular complexity index is 475. The largest absolute Gasteiger partial charge is 0.361 e. The van der Waals surface area contributed by atoms with Gasteiger partial charge >= 0.3 is 0 Å². The summed E-state index contributed by atoms with van der Waals surface area (Å²) in [6.07, 6.45) is 0.841. The molecule has 1 aromatic rings. The van der Waals surface area contributed by atoms with Crippen LogP contribution in [0, 0.1) is 5.92 Å². The van der Waals surface area contributed by atoms with Crippen molar-refractivity contribution in [3.63, 3.8) is 0 Å². The molecular formula is C14H18Cl2N2S. The van der Waals surface area contributed by atoms with E-state index >= 15 is 0 Å². The van der Waals surface area contributed by atoms with E-state index in [2.05, 4.69) is 24.2 Å². The van der Waals surface area contributed by atoms with Crippen LogP contribution in [0.25, 0.3) is 0 Å². The smallest absolute Gasteiger partial charge is 0.156 e. The van der Waals surface area contributed by atoms with Gasteiger partial charge in [0.1, 0.15) is 0 Å². The molecule has 0 radical (unpaired) electrons. The third-order valence-corrected chi connectivity index (χ3v) is 4.80. The molecule has 19 heavy (non-hydrogen) atoms. The fraction of sp³-hybridized carbons (Fsp3) is 0.500. The number of rotatable bonds is 4. The molecule has 0 aromatic heterocycles. The molecule has 0 aliphatic carbocycles. The van der Waals surface area contributed by atoms with Gasteiger partial charge in [0.15, 0.2) is 5.17 Å². The summed E-state index contributed by atoms with van der Waals surface area (Å²) < 4.78 is 0. The zero-order valence-corrected chi connectivity index (χ0v) is 13.4. The van der Waals surface area contributed by atoms with E-state index in [1.165, 1.54) is 0 Å². The Morgan fingerprint density at radius 2 is 2.21 bits per heavy atom. The number of amidine groups is 1. The predicted molar refractivity (Wildman–Crippen MR) is 86.7 cm³/mol. The van der Waals surface area contributed by atoms with Gasteiger partial charge in [-0.2, -0.15) is 0 Å². The van der Waals surface area contributed by atoms with Crippen molar-refractivity contribution >= 4 is 40.1 Å². The fourth-order valence-electron chi connectivity index (χ4n) is 1.86. The van der Waals surface area contributed by atoms with E-state index in [1.807, 2.05) is 12.1 Å². The van der Waals surface area contributed by atoms with Gasteiger partial charge in [0.05, 0.1) is 0 Å². The van der Waals surface area contributed by atoms with Crippen LogP contribution in [0.3, 0.4) is 0 Å². The van der Waals surface area contributed by atoms with Gasteiger partial charge < -0.3 is 5.32 Å². The van der Waals surface area contributed by atoms with E-state index in [-0.39, 0.29) is 0 Å². The van der Waals surface area contributed by atoms with Crippen molar-refractivity contribution in [2.24, 2.45) is 10.9 Å². The van der Waals surface area contributed by atoms with Crippen LogP contribution in [0.5, 0.6) is 0 Å². The van der Waals surface area contributed by atoms with Crippen LogP contribution in [0.15, 0.2) is 23.2 Å². The molecule has 1 fully saturated rings. The minimum atomic E-state index is 0.544. The van der Waals surface area contributed by atoms with Gasteiger partial charge in [-0.3, -0.25) is 4.99 Å². The topological polar surface area (TPSA) is 24.4 Å². The molecular weight excluding hydrogens is 299 g/mol. The molecule has 2 rings (SSSR count). The first-order valence-corrected chi connectivity index (χ1v) is 8.18. The Morgan fingerprint density at radius 3 is 2.84 bits per heavy atom. The minimum absolute atomic E-state index is 0.544. The van der Waals surface area contributed by atoms with Crippen LogP contribution < -0.4 is 5.32 Å². The number of aliphatic imine (C=N–C) groups is 1. The fourth-order valence-corrected chi connectivity index (χ4v) is 3.59. The first-order chi connectivity index (χ1) is 9.06. The summed E-state index contributed by atoms with van der Waals surface area (Å²) in [4.78, 5) is 4.59. The molecule has 5 heteroatoms. The molecule has 1 aromatic carbocycles.